The molecule has 2 aliphatic heterocycles. The first-order valence-corrected chi connectivity index (χ1v) is 9.43. The summed E-state index contributed by atoms with van der Waals surface area (Å²) in [6, 6.07) is 9.38. The van der Waals surface area contributed by atoms with Gasteiger partial charge < -0.3 is 14.5 Å². The van der Waals surface area contributed by atoms with Crippen LogP contribution in [0.4, 0.5) is 0 Å². The van der Waals surface area contributed by atoms with E-state index in [0.29, 0.717) is 45.0 Å². The van der Waals surface area contributed by atoms with Crippen LogP contribution >= 0.6 is 0 Å². The van der Waals surface area contributed by atoms with Crippen LogP contribution in [0, 0.1) is 6.92 Å². The summed E-state index contributed by atoms with van der Waals surface area (Å²) < 4.78 is 5.32. The van der Waals surface area contributed by atoms with Gasteiger partial charge in [-0.1, -0.05) is 29.8 Å². The number of carbonyl (C=O) groups is 2. The van der Waals surface area contributed by atoms with Gasteiger partial charge in [-0.05, 0) is 25.8 Å². The average molecular weight is 368 g/mol. The summed E-state index contributed by atoms with van der Waals surface area (Å²) in [6.45, 7) is 4.94. The molecule has 0 spiro atoms. The van der Waals surface area contributed by atoms with Gasteiger partial charge in [-0.15, -0.1) is 0 Å². The van der Waals surface area contributed by atoms with Crippen molar-refractivity contribution in [2.24, 2.45) is 0 Å². The maximum absolute atomic E-state index is 13.0. The minimum absolute atomic E-state index is 0.0300. The van der Waals surface area contributed by atoms with E-state index < -0.39 is 0 Å². The van der Waals surface area contributed by atoms with Crippen molar-refractivity contribution in [3.05, 3.63) is 41.6 Å². The molecule has 1 unspecified atom stereocenters. The molecule has 2 aromatic rings. The highest BCUT2D eigenvalue weighted by molar-refractivity contribution is 5.97. The molecule has 1 aromatic heterocycles. The van der Waals surface area contributed by atoms with E-state index in [1.54, 1.807) is 11.0 Å². The Hall–Kier alpha value is -2.67. The number of morpholine rings is 1. The molecule has 3 heterocycles. The number of carbonyl (C=O) groups excluding carboxylic acids is 2. The third-order valence-electron chi connectivity index (χ3n) is 5.28. The maximum Gasteiger partial charge on any atom is 0.272 e. The van der Waals surface area contributed by atoms with E-state index in [1.807, 2.05) is 36.1 Å². The zero-order valence-electron chi connectivity index (χ0n) is 15.5. The molecule has 27 heavy (non-hydrogen) atoms. The van der Waals surface area contributed by atoms with Crippen LogP contribution in [0.1, 0.15) is 28.9 Å². The third kappa shape index (κ3) is 3.60. The predicted octanol–water partition coefficient (Wildman–Crippen LogP) is 1.85. The van der Waals surface area contributed by atoms with E-state index in [2.05, 4.69) is 10.2 Å². The molecular formula is C20H24N4O3. The molecule has 1 atom stereocenters. The molecule has 2 aliphatic rings. The van der Waals surface area contributed by atoms with Crippen LogP contribution in [0.25, 0.3) is 11.3 Å². The molecule has 4 rings (SSSR count). The lowest BCUT2D eigenvalue weighted by molar-refractivity contribution is -0.139. The number of hydrogen-bond acceptors (Lipinski definition) is 4. The number of nitrogens with one attached hydrogen (secondary N) is 1. The topological polar surface area (TPSA) is 78.5 Å². The zero-order chi connectivity index (χ0) is 18.8. The van der Waals surface area contributed by atoms with E-state index in [9.17, 15) is 9.59 Å². The number of likely N-dealkylation sites (tertiary alicyclic amines) is 1. The molecule has 0 radical (unpaired) electrons. The fourth-order valence-corrected chi connectivity index (χ4v) is 3.72. The van der Waals surface area contributed by atoms with Crippen molar-refractivity contribution in [3.8, 4) is 11.3 Å². The molecule has 7 nitrogen and oxygen atoms in total. The Kier molecular flexibility index (Phi) is 4.94. The van der Waals surface area contributed by atoms with Crippen LogP contribution in [0.5, 0.6) is 0 Å². The second-order valence-corrected chi connectivity index (χ2v) is 7.13. The second-order valence-electron chi connectivity index (χ2n) is 7.13. The molecule has 2 amide bonds. The predicted molar refractivity (Wildman–Crippen MR) is 100 cm³/mol. The van der Waals surface area contributed by atoms with Crippen molar-refractivity contribution >= 4 is 11.8 Å². The van der Waals surface area contributed by atoms with E-state index >= 15 is 0 Å². The number of benzene rings is 1. The Labute approximate surface area is 158 Å². The van der Waals surface area contributed by atoms with Crippen LogP contribution < -0.4 is 0 Å². The van der Waals surface area contributed by atoms with Gasteiger partial charge in [0.2, 0.25) is 5.91 Å². The van der Waals surface area contributed by atoms with Gasteiger partial charge in [-0.3, -0.25) is 14.7 Å². The molecule has 2 fully saturated rings. The zero-order valence-corrected chi connectivity index (χ0v) is 15.5. The quantitative estimate of drug-likeness (QED) is 0.897. The number of hydrogen-bond donors (Lipinski definition) is 1. The summed E-state index contributed by atoms with van der Waals surface area (Å²) in [7, 11) is 0. The first-order chi connectivity index (χ1) is 13.1. The van der Waals surface area contributed by atoms with Crippen LogP contribution in [-0.4, -0.2) is 70.7 Å². The number of ether oxygens (including phenoxy) is 1. The Bertz CT molecular complexity index is 824. The second kappa shape index (κ2) is 7.52. The van der Waals surface area contributed by atoms with E-state index in [-0.39, 0.29) is 17.9 Å². The van der Waals surface area contributed by atoms with Gasteiger partial charge in [0.05, 0.1) is 18.9 Å². The van der Waals surface area contributed by atoms with Gasteiger partial charge >= 0.3 is 0 Å². The number of nitrogens with zero attached hydrogens (tertiary/aromatic N) is 3. The van der Waals surface area contributed by atoms with Gasteiger partial charge in [0.25, 0.3) is 5.91 Å². The number of amides is 2. The minimum Gasteiger partial charge on any atom is -0.378 e. The number of aromatic amines is 1. The van der Waals surface area contributed by atoms with Gasteiger partial charge in [-0.25, -0.2) is 0 Å². The average Bonchev–Trinajstić information content (AvgIpc) is 3.38. The largest absolute Gasteiger partial charge is 0.378 e. The van der Waals surface area contributed by atoms with E-state index in [1.165, 1.54) is 5.56 Å². The number of aryl methyl sites for hydroxylation is 1. The Morgan fingerprint density at radius 1 is 1.15 bits per heavy atom. The maximum atomic E-state index is 13.0. The van der Waals surface area contributed by atoms with Crippen molar-refractivity contribution in [1.29, 1.82) is 0 Å². The summed E-state index contributed by atoms with van der Waals surface area (Å²) in [5, 5.41) is 7.13. The van der Waals surface area contributed by atoms with E-state index in [0.717, 1.165) is 17.7 Å². The molecule has 0 aliphatic carbocycles. The molecule has 0 saturated carbocycles. The standard InChI is InChI=1S/C20H24N4O3/c1-14-4-6-15(7-5-14)16-13-17(22-21-16)19(25)24-8-2-3-18(24)20(26)23-9-11-27-12-10-23/h4-7,13,18H,2-3,8-12H2,1H3,(H,21,22). The fraction of sp³-hybridized carbons (Fsp3) is 0.450. The van der Waals surface area contributed by atoms with E-state index in [4.69, 9.17) is 4.74 Å². The van der Waals surface area contributed by atoms with Crippen molar-refractivity contribution in [2.45, 2.75) is 25.8 Å². The monoisotopic (exact) mass is 368 g/mol. The van der Waals surface area contributed by atoms with Gasteiger partial charge in [0.15, 0.2) is 0 Å². The van der Waals surface area contributed by atoms with Crippen molar-refractivity contribution < 1.29 is 14.3 Å². The first-order valence-electron chi connectivity index (χ1n) is 9.43. The summed E-state index contributed by atoms with van der Waals surface area (Å²) in [4.78, 5) is 29.4. The fourth-order valence-electron chi connectivity index (χ4n) is 3.72. The lowest BCUT2D eigenvalue weighted by Crippen LogP contribution is -2.51. The molecule has 0 bridgehead atoms. The molecule has 1 aromatic carbocycles. The lowest BCUT2D eigenvalue weighted by Gasteiger charge is -2.32. The van der Waals surface area contributed by atoms with Gasteiger partial charge in [-0.2, -0.15) is 5.10 Å². The van der Waals surface area contributed by atoms with Crippen LogP contribution in [0.15, 0.2) is 30.3 Å². The Morgan fingerprint density at radius 2 is 1.89 bits per heavy atom. The highest BCUT2D eigenvalue weighted by atomic mass is 16.5. The Balaban J connectivity index is 1.50. The summed E-state index contributed by atoms with van der Waals surface area (Å²) >= 11 is 0. The van der Waals surface area contributed by atoms with Crippen LogP contribution in [-0.2, 0) is 9.53 Å². The highest BCUT2D eigenvalue weighted by Gasteiger charge is 2.37. The molecule has 7 heteroatoms. The Morgan fingerprint density at radius 3 is 2.63 bits per heavy atom. The molecule has 1 N–H and O–H groups in total. The van der Waals surface area contributed by atoms with Crippen LogP contribution in [0.2, 0.25) is 0 Å². The third-order valence-corrected chi connectivity index (χ3v) is 5.28. The lowest BCUT2D eigenvalue weighted by atomic mass is 10.1. The van der Waals surface area contributed by atoms with Crippen molar-refractivity contribution in [3.63, 3.8) is 0 Å². The van der Waals surface area contributed by atoms with Gasteiger partial charge in [0, 0.05) is 25.2 Å². The van der Waals surface area contributed by atoms with Gasteiger partial charge in [0.1, 0.15) is 11.7 Å². The molecule has 2 saturated heterocycles. The smallest absolute Gasteiger partial charge is 0.272 e. The van der Waals surface area contributed by atoms with Crippen molar-refractivity contribution in [2.75, 3.05) is 32.8 Å². The van der Waals surface area contributed by atoms with Crippen molar-refractivity contribution in [1.82, 2.24) is 20.0 Å². The minimum atomic E-state index is -0.387. The molecular weight excluding hydrogens is 344 g/mol. The van der Waals surface area contributed by atoms with Crippen LogP contribution in [0.3, 0.4) is 0 Å². The molecule has 142 valence electrons. The number of rotatable bonds is 3. The number of H-pyrrole nitrogens is 1. The summed E-state index contributed by atoms with van der Waals surface area (Å²) in [5.74, 6) is -0.132. The highest BCUT2D eigenvalue weighted by Crippen LogP contribution is 2.24. The first kappa shape index (κ1) is 17.7. The SMILES string of the molecule is Cc1ccc(-c2cc(C(=O)N3CCCC3C(=O)N3CCOCC3)[nH]n2)cc1. The number of aromatic nitrogens is 2. The normalized spacial score (nSPS) is 20.1. The summed E-state index contributed by atoms with van der Waals surface area (Å²) in [6.07, 6.45) is 1.55. The summed E-state index contributed by atoms with van der Waals surface area (Å²) in [5.41, 5.74) is 3.28.